The lowest BCUT2D eigenvalue weighted by atomic mass is 10.1. The number of ether oxygens (including phenoxy) is 1. The van der Waals surface area contributed by atoms with E-state index in [1.165, 1.54) is 0 Å². The van der Waals surface area contributed by atoms with E-state index in [-0.39, 0.29) is 17.9 Å². The summed E-state index contributed by atoms with van der Waals surface area (Å²) in [6.45, 7) is 7.54. The van der Waals surface area contributed by atoms with Gasteiger partial charge >= 0.3 is 5.97 Å². The van der Waals surface area contributed by atoms with Crippen molar-refractivity contribution >= 4 is 11.9 Å². The van der Waals surface area contributed by atoms with E-state index in [0.29, 0.717) is 30.2 Å². The van der Waals surface area contributed by atoms with Gasteiger partial charge in [-0.2, -0.15) is 0 Å². The summed E-state index contributed by atoms with van der Waals surface area (Å²) in [4.78, 5) is 35.4. The van der Waals surface area contributed by atoms with Crippen molar-refractivity contribution in [2.24, 2.45) is 0 Å². The van der Waals surface area contributed by atoms with Crippen molar-refractivity contribution in [1.82, 2.24) is 14.9 Å². The number of aromatic amines is 1. The molecule has 0 bridgehead atoms. The van der Waals surface area contributed by atoms with Gasteiger partial charge in [0.1, 0.15) is 0 Å². The number of nitrogens with zero attached hydrogens (tertiary/aromatic N) is 3. The maximum Gasteiger partial charge on any atom is 0.306 e. The van der Waals surface area contributed by atoms with Crippen LogP contribution in [0.25, 0.3) is 0 Å². The lowest BCUT2D eigenvalue weighted by Gasteiger charge is -2.32. The van der Waals surface area contributed by atoms with Gasteiger partial charge in [0.2, 0.25) is 5.95 Å². The van der Waals surface area contributed by atoms with Crippen LogP contribution in [0.2, 0.25) is 0 Å². The molecule has 0 aromatic carbocycles. The van der Waals surface area contributed by atoms with Gasteiger partial charge in [-0.15, -0.1) is 0 Å². The van der Waals surface area contributed by atoms with Crippen molar-refractivity contribution in [2.75, 3.05) is 44.7 Å². The number of aromatic nitrogens is 2. The van der Waals surface area contributed by atoms with Crippen LogP contribution in [0.3, 0.4) is 0 Å². The molecule has 1 aliphatic heterocycles. The average molecular weight is 308 g/mol. The van der Waals surface area contributed by atoms with Gasteiger partial charge in [-0.3, -0.25) is 14.6 Å². The zero-order valence-electron chi connectivity index (χ0n) is 13.5. The smallest absolute Gasteiger partial charge is 0.306 e. The predicted molar refractivity (Wildman–Crippen MR) is 84.3 cm³/mol. The van der Waals surface area contributed by atoms with Gasteiger partial charge in [-0.1, -0.05) is 0 Å². The predicted octanol–water partition coefficient (Wildman–Crippen LogP) is 0.326. The number of rotatable bonds is 5. The Morgan fingerprint density at radius 2 is 2.00 bits per heavy atom. The number of likely N-dealkylation sites (N-methyl/N-ethyl adjacent to an activating group) is 1. The Labute approximate surface area is 130 Å². The third-order valence-corrected chi connectivity index (χ3v) is 3.90. The summed E-state index contributed by atoms with van der Waals surface area (Å²) in [5.74, 6) is 0.333. The summed E-state index contributed by atoms with van der Waals surface area (Å²) in [5, 5.41) is 0. The Hall–Kier alpha value is -1.89. The van der Waals surface area contributed by atoms with Crippen LogP contribution in [-0.4, -0.2) is 60.7 Å². The Bertz CT molecular complexity index is 577. The highest BCUT2D eigenvalue weighted by Crippen LogP contribution is 2.12. The third-order valence-electron chi connectivity index (χ3n) is 3.90. The number of nitrogens with one attached hydrogen (secondary N) is 1. The fraction of sp³-hybridized carbons (Fsp3) is 0.667. The van der Waals surface area contributed by atoms with Crippen molar-refractivity contribution in [3.63, 3.8) is 0 Å². The molecular weight excluding hydrogens is 284 g/mol. The van der Waals surface area contributed by atoms with Crippen LogP contribution in [-0.2, 0) is 16.0 Å². The molecule has 1 fully saturated rings. The van der Waals surface area contributed by atoms with Gasteiger partial charge in [-0.25, -0.2) is 4.98 Å². The number of carbonyl (C=O) groups excluding carboxylic acids is 1. The molecule has 1 aromatic rings. The quantitative estimate of drug-likeness (QED) is 0.790. The van der Waals surface area contributed by atoms with E-state index in [0.717, 1.165) is 26.2 Å². The highest BCUT2D eigenvalue weighted by molar-refractivity contribution is 5.69. The first-order chi connectivity index (χ1) is 10.5. The molecule has 2 heterocycles. The van der Waals surface area contributed by atoms with Crippen LogP contribution in [0.15, 0.2) is 4.79 Å². The number of hydrogen-bond donors (Lipinski definition) is 1. The lowest BCUT2D eigenvalue weighted by Crippen LogP contribution is -2.45. The molecule has 0 unspecified atom stereocenters. The minimum absolute atomic E-state index is 0.161. The van der Waals surface area contributed by atoms with E-state index in [2.05, 4.69) is 26.8 Å². The molecule has 2 rings (SSSR count). The van der Waals surface area contributed by atoms with Crippen molar-refractivity contribution in [2.45, 2.75) is 26.7 Å². The van der Waals surface area contributed by atoms with Crippen LogP contribution in [0.5, 0.6) is 0 Å². The molecule has 22 heavy (non-hydrogen) atoms. The molecule has 0 radical (unpaired) electrons. The number of aryl methyl sites for hydroxylation is 1. The first-order valence-electron chi connectivity index (χ1n) is 7.70. The molecule has 0 atom stereocenters. The molecule has 1 saturated heterocycles. The molecule has 0 aliphatic carbocycles. The van der Waals surface area contributed by atoms with Crippen LogP contribution in [0.1, 0.15) is 24.6 Å². The summed E-state index contributed by atoms with van der Waals surface area (Å²) in [6.07, 6.45) is 0.559. The van der Waals surface area contributed by atoms with E-state index in [1.54, 1.807) is 6.92 Å². The average Bonchev–Trinajstić information content (AvgIpc) is 2.47. The molecule has 0 saturated carbocycles. The number of carbonyl (C=O) groups is 1. The van der Waals surface area contributed by atoms with Gasteiger partial charge in [0.05, 0.1) is 6.61 Å². The first-order valence-corrected chi connectivity index (χ1v) is 7.70. The highest BCUT2D eigenvalue weighted by atomic mass is 16.5. The summed E-state index contributed by atoms with van der Waals surface area (Å²) < 4.78 is 4.89. The van der Waals surface area contributed by atoms with E-state index in [1.807, 2.05) is 6.92 Å². The molecule has 1 N–H and O–H groups in total. The number of H-pyrrole nitrogens is 1. The molecule has 0 amide bonds. The zero-order valence-corrected chi connectivity index (χ0v) is 13.5. The maximum absolute atomic E-state index is 12.3. The standard InChI is InChI=1S/C15H24N4O3/c1-4-22-13(20)6-5-12-11(2)16-15(17-14(12)21)19-9-7-18(3)8-10-19/h4-10H2,1-3H3,(H,16,17,21). The van der Waals surface area contributed by atoms with Gasteiger partial charge in [0, 0.05) is 43.9 Å². The van der Waals surface area contributed by atoms with Crippen molar-refractivity contribution in [3.8, 4) is 0 Å². The summed E-state index contributed by atoms with van der Waals surface area (Å²) >= 11 is 0. The van der Waals surface area contributed by atoms with Gasteiger partial charge < -0.3 is 14.5 Å². The largest absolute Gasteiger partial charge is 0.466 e. The van der Waals surface area contributed by atoms with E-state index >= 15 is 0 Å². The SMILES string of the molecule is CCOC(=O)CCc1c(C)nc(N2CCN(C)CC2)[nH]c1=O. The first kappa shape index (κ1) is 16.5. The Morgan fingerprint density at radius 3 is 2.59 bits per heavy atom. The lowest BCUT2D eigenvalue weighted by molar-refractivity contribution is -0.143. The van der Waals surface area contributed by atoms with Crippen molar-refractivity contribution < 1.29 is 9.53 Å². The number of anilines is 1. The van der Waals surface area contributed by atoms with Crippen LogP contribution >= 0.6 is 0 Å². The molecule has 7 heteroatoms. The summed E-state index contributed by atoms with van der Waals surface area (Å²) in [5.41, 5.74) is 1.08. The Morgan fingerprint density at radius 1 is 1.32 bits per heavy atom. The number of hydrogen-bond acceptors (Lipinski definition) is 6. The van der Waals surface area contributed by atoms with E-state index in [9.17, 15) is 9.59 Å². The maximum atomic E-state index is 12.3. The Balaban J connectivity index is 2.08. The van der Waals surface area contributed by atoms with E-state index in [4.69, 9.17) is 4.74 Å². The Kier molecular flexibility index (Phi) is 5.54. The number of piperazine rings is 1. The third kappa shape index (κ3) is 4.07. The second-order valence-electron chi connectivity index (χ2n) is 5.55. The van der Waals surface area contributed by atoms with Crippen LogP contribution in [0.4, 0.5) is 5.95 Å². The second kappa shape index (κ2) is 7.40. The van der Waals surface area contributed by atoms with Gasteiger partial charge in [-0.05, 0) is 27.3 Å². The van der Waals surface area contributed by atoms with Gasteiger partial charge in [0.15, 0.2) is 0 Å². The molecule has 1 aliphatic rings. The fourth-order valence-electron chi connectivity index (χ4n) is 2.52. The molecular formula is C15H24N4O3. The molecule has 122 valence electrons. The minimum Gasteiger partial charge on any atom is -0.466 e. The zero-order chi connectivity index (χ0) is 16.1. The second-order valence-corrected chi connectivity index (χ2v) is 5.55. The topological polar surface area (TPSA) is 78.5 Å². The summed E-state index contributed by atoms with van der Waals surface area (Å²) in [6, 6.07) is 0. The highest BCUT2D eigenvalue weighted by Gasteiger charge is 2.18. The van der Waals surface area contributed by atoms with E-state index < -0.39 is 0 Å². The number of esters is 1. The summed E-state index contributed by atoms with van der Waals surface area (Å²) in [7, 11) is 2.08. The minimum atomic E-state index is -0.288. The van der Waals surface area contributed by atoms with Gasteiger partial charge in [0.25, 0.3) is 5.56 Å². The fourth-order valence-corrected chi connectivity index (χ4v) is 2.52. The molecule has 7 nitrogen and oxygen atoms in total. The van der Waals surface area contributed by atoms with Crippen LogP contribution in [0, 0.1) is 6.92 Å². The van der Waals surface area contributed by atoms with Crippen LogP contribution < -0.4 is 10.5 Å². The molecule has 0 spiro atoms. The normalized spacial score (nSPS) is 15.9. The van der Waals surface area contributed by atoms with Crippen molar-refractivity contribution in [3.05, 3.63) is 21.6 Å². The van der Waals surface area contributed by atoms with Crippen molar-refractivity contribution in [1.29, 1.82) is 0 Å². The molecule has 1 aromatic heterocycles. The monoisotopic (exact) mass is 308 g/mol.